The molecule has 0 unspecified atom stereocenters. The molecule has 1 aliphatic rings. The quantitative estimate of drug-likeness (QED) is 0.903. The zero-order valence-electron chi connectivity index (χ0n) is 12.5. The summed E-state index contributed by atoms with van der Waals surface area (Å²) in [6.07, 6.45) is 0. The van der Waals surface area contributed by atoms with E-state index in [1.807, 2.05) is 0 Å². The molecule has 1 aromatic rings. The lowest BCUT2D eigenvalue weighted by Gasteiger charge is -2.37. The fourth-order valence-electron chi connectivity index (χ4n) is 2.56. The van der Waals surface area contributed by atoms with Crippen LogP contribution in [0.1, 0.15) is 29.8 Å². The zero-order chi connectivity index (χ0) is 15.5. The second-order valence-electron chi connectivity index (χ2n) is 6.07. The van der Waals surface area contributed by atoms with E-state index in [2.05, 4.69) is 11.0 Å². The maximum absolute atomic E-state index is 12.4. The molecule has 1 aromatic carbocycles. The third-order valence-electron chi connectivity index (χ3n) is 3.51. The lowest BCUT2D eigenvalue weighted by atomic mass is 10.1. The molecule has 1 heterocycles. The first kappa shape index (κ1) is 15.5. The summed E-state index contributed by atoms with van der Waals surface area (Å²) in [4.78, 5) is 16.4. The lowest BCUT2D eigenvalue weighted by molar-refractivity contribution is 0.0178. The summed E-state index contributed by atoms with van der Waals surface area (Å²) in [5.74, 6) is -0.0324. The Labute approximate surface area is 125 Å². The van der Waals surface area contributed by atoms with Gasteiger partial charge in [-0.1, -0.05) is 6.07 Å². The standard InChI is InChI=1S/C16H21N3O2/c1-16(2,21)12-18-6-8-19(9-7-18)15(20)14-5-3-4-13(10-14)11-17/h3-5,10,21H,6-9,12H2,1-2H3. The minimum absolute atomic E-state index is 0.0324. The molecule has 0 spiro atoms. The van der Waals surface area contributed by atoms with E-state index in [9.17, 15) is 9.90 Å². The Morgan fingerprint density at radius 1 is 1.33 bits per heavy atom. The first-order valence-corrected chi connectivity index (χ1v) is 7.13. The number of benzene rings is 1. The summed E-state index contributed by atoms with van der Waals surface area (Å²) in [7, 11) is 0. The van der Waals surface area contributed by atoms with E-state index in [-0.39, 0.29) is 5.91 Å². The van der Waals surface area contributed by atoms with E-state index in [0.717, 1.165) is 13.1 Å². The van der Waals surface area contributed by atoms with Gasteiger partial charge in [-0.2, -0.15) is 5.26 Å². The van der Waals surface area contributed by atoms with E-state index >= 15 is 0 Å². The number of rotatable bonds is 3. The number of carbonyl (C=O) groups excluding carboxylic acids is 1. The minimum Gasteiger partial charge on any atom is -0.389 e. The van der Waals surface area contributed by atoms with E-state index in [0.29, 0.717) is 30.8 Å². The zero-order valence-corrected chi connectivity index (χ0v) is 12.5. The van der Waals surface area contributed by atoms with Crippen LogP contribution in [0.2, 0.25) is 0 Å². The Bertz CT molecular complexity index is 549. The topological polar surface area (TPSA) is 67.6 Å². The smallest absolute Gasteiger partial charge is 0.253 e. The van der Waals surface area contributed by atoms with Crippen LogP contribution in [0.4, 0.5) is 0 Å². The van der Waals surface area contributed by atoms with Crippen molar-refractivity contribution in [2.45, 2.75) is 19.4 Å². The average molecular weight is 287 g/mol. The molecule has 0 saturated carbocycles. The van der Waals surface area contributed by atoms with Crippen LogP contribution in [0, 0.1) is 11.3 Å². The van der Waals surface area contributed by atoms with Crippen LogP contribution in [-0.2, 0) is 0 Å². The van der Waals surface area contributed by atoms with E-state index in [1.54, 1.807) is 43.0 Å². The third kappa shape index (κ3) is 4.28. The molecule has 5 heteroatoms. The highest BCUT2D eigenvalue weighted by molar-refractivity contribution is 5.94. The van der Waals surface area contributed by atoms with Gasteiger partial charge in [0, 0.05) is 38.3 Å². The van der Waals surface area contributed by atoms with Gasteiger partial charge in [-0.05, 0) is 32.0 Å². The van der Waals surface area contributed by atoms with Crippen molar-refractivity contribution >= 4 is 5.91 Å². The Hall–Kier alpha value is -1.90. The largest absolute Gasteiger partial charge is 0.389 e. The maximum Gasteiger partial charge on any atom is 0.253 e. The Morgan fingerprint density at radius 3 is 2.57 bits per heavy atom. The number of hydrogen-bond donors (Lipinski definition) is 1. The fourth-order valence-corrected chi connectivity index (χ4v) is 2.56. The van der Waals surface area contributed by atoms with Crippen molar-refractivity contribution in [3.05, 3.63) is 35.4 Å². The molecule has 0 radical (unpaired) electrons. The van der Waals surface area contributed by atoms with Gasteiger partial charge < -0.3 is 10.0 Å². The molecule has 1 amide bonds. The van der Waals surface area contributed by atoms with Crippen LogP contribution in [0.3, 0.4) is 0 Å². The maximum atomic E-state index is 12.4. The third-order valence-corrected chi connectivity index (χ3v) is 3.51. The predicted octanol–water partition coefficient (Wildman–Crippen LogP) is 1.09. The highest BCUT2D eigenvalue weighted by Crippen LogP contribution is 2.12. The molecule has 0 bridgehead atoms. The molecule has 1 fully saturated rings. The van der Waals surface area contributed by atoms with Crippen molar-refractivity contribution < 1.29 is 9.90 Å². The molecule has 1 aliphatic heterocycles. The van der Waals surface area contributed by atoms with Crippen molar-refractivity contribution in [3.8, 4) is 6.07 Å². The van der Waals surface area contributed by atoms with Gasteiger partial charge in [-0.15, -0.1) is 0 Å². The fraction of sp³-hybridized carbons (Fsp3) is 0.500. The van der Waals surface area contributed by atoms with E-state index in [1.165, 1.54) is 0 Å². The molecule has 0 aromatic heterocycles. The predicted molar refractivity (Wildman–Crippen MR) is 79.8 cm³/mol. The van der Waals surface area contributed by atoms with Gasteiger partial charge in [-0.3, -0.25) is 9.69 Å². The van der Waals surface area contributed by atoms with Gasteiger partial charge in [-0.25, -0.2) is 0 Å². The molecule has 0 atom stereocenters. The molecule has 5 nitrogen and oxygen atoms in total. The number of piperazine rings is 1. The normalized spacial score (nSPS) is 16.6. The summed E-state index contributed by atoms with van der Waals surface area (Å²) >= 11 is 0. The second kappa shape index (κ2) is 6.25. The number of hydrogen-bond acceptors (Lipinski definition) is 4. The first-order chi connectivity index (χ1) is 9.89. The molecule has 1 saturated heterocycles. The molecular formula is C16H21N3O2. The van der Waals surface area contributed by atoms with Gasteiger partial charge in [0.2, 0.25) is 0 Å². The van der Waals surface area contributed by atoms with Gasteiger partial charge in [0.1, 0.15) is 0 Å². The highest BCUT2D eigenvalue weighted by Gasteiger charge is 2.25. The second-order valence-corrected chi connectivity index (χ2v) is 6.07. The monoisotopic (exact) mass is 287 g/mol. The van der Waals surface area contributed by atoms with E-state index in [4.69, 9.17) is 5.26 Å². The molecule has 2 rings (SSSR count). The van der Waals surface area contributed by atoms with Crippen molar-refractivity contribution in [1.29, 1.82) is 5.26 Å². The lowest BCUT2D eigenvalue weighted by Crippen LogP contribution is -2.52. The van der Waals surface area contributed by atoms with E-state index < -0.39 is 5.60 Å². The molecule has 1 N–H and O–H groups in total. The van der Waals surface area contributed by atoms with Crippen LogP contribution in [-0.4, -0.2) is 59.1 Å². The summed E-state index contributed by atoms with van der Waals surface area (Å²) in [5, 5.41) is 18.7. The van der Waals surface area contributed by atoms with Crippen LogP contribution >= 0.6 is 0 Å². The van der Waals surface area contributed by atoms with Crippen LogP contribution < -0.4 is 0 Å². The van der Waals surface area contributed by atoms with Crippen LogP contribution in [0.15, 0.2) is 24.3 Å². The number of aliphatic hydroxyl groups is 1. The van der Waals surface area contributed by atoms with Gasteiger partial charge in [0.25, 0.3) is 5.91 Å². The molecule has 112 valence electrons. The van der Waals surface area contributed by atoms with Crippen molar-refractivity contribution in [2.24, 2.45) is 0 Å². The Morgan fingerprint density at radius 2 is 2.00 bits per heavy atom. The summed E-state index contributed by atoms with van der Waals surface area (Å²) in [6.45, 7) is 6.99. The van der Waals surface area contributed by atoms with Crippen LogP contribution in [0.25, 0.3) is 0 Å². The minimum atomic E-state index is -0.715. The molecule has 0 aliphatic carbocycles. The number of nitrogens with zero attached hydrogens (tertiary/aromatic N) is 3. The van der Waals surface area contributed by atoms with Crippen molar-refractivity contribution in [1.82, 2.24) is 9.80 Å². The first-order valence-electron chi connectivity index (χ1n) is 7.13. The Kier molecular flexibility index (Phi) is 4.61. The van der Waals surface area contributed by atoms with Crippen molar-refractivity contribution in [3.63, 3.8) is 0 Å². The molecular weight excluding hydrogens is 266 g/mol. The summed E-state index contributed by atoms with van der Waals surface area (Å²) < 4.78 is 0. The summed E-state index contributed by atoms with van der Waals surface area (Å²) in [5.41, 5.74) is 0.347. The number of β-amino-alcohol motifs (C(OH)–C–C–N with tert-alkyl or cyclic N) is 1. The summed E-state index contributed by atoms with van der Waals surface area (Å²) in [6, 6.07) is 8.85. The number of amides is 1. The van der Waals surface area contributed by atoms with Gasteiger partial charge in [0.05, 0.1) is 17.2 Å². The number of carbonyl (C=O) groups is 1. The van der Waals surface area contributed by atoms with Gasteiger partial charge >= 0.3 is 0 Å². The molecule has 21 heavy (non-hydrogen) atoms. The highest BCUT2D eigenvalue weighted by atomic mass is 16.3. The van der Waals surface area contributed by atoms with Crippen LogP contribution in [0.5, 0.6) is 0 Å². The Balaban J connectivity index is 1.96. The van der Waals surface area contributed by atoms with Gasteiger partial charge in [0.15, 0.2) is 0 Å². The SMILES string of the molecule is CC(C)(O)CN1CCN(C(=O)c2cccc(C#N)c2)CC1. The number of nitriles is 1. The average Bonchev–Trinajstić information content (AvgIpc) is 2.46. The van der Waals surface area contributed by atoms with Crippen molar-refractivity contribution in [2.75, 3.05) is 32.7 Å².